The minimum atomic E-state index is 0.966. The highest BCUT2D eigenvalue weighted by molar-refractivity contribution is 6.25. The Bertz CT molecular complexity index is 1260. The number of furan rings is 1. The normalized spacial score (nSPS) is 12.3. The molecule has 1 heterocycles. The molecular weight excluding hydrogens is 280 g/mol. The minimum absolute atomic E-state index is 0.966. The molecule has 0 saturated carbocycles. The topological polar surface area (TPSA) is 13.1 Å². The molecular formula is C22H12O. The quantitative estimate of drug-likeness (QED) is 0.296. The van der Waals surface area contributed by atoms with Crippen molar-refractivity contribution in [3.63, 3.8) is 0 Å². The first-order valence-electron chi connectivity index (χ1n) is 7.88. The van der Waals surface area contributed by atoms with Gasteiger partial charge in [0.05, 0.1) is 0 Å². The summed E-state index contributed by atoms with van der Waals surface area (Å²) in [6.45, 7) is 0. The van der Waals surface area contributed by atoms with Crippen molar-refractivity contribution in [1.29, 1.82) is 0 Å². The van der Waals surface area contributed by atoms with Crippen LogP contribution >= 0.6 is 0 Å². The highest BCUT2D eigenvalue weighted by atomic mass is 16.3. The lowest BCUT2D eigenvalue weighted by molar-refractivity contribution is 0.634. The zero-order valence-corrected chi connectivity index (χ0v) is 12.3. The fourth-order valence-electron chi connectivity index (χ4n) is 4.05. The Morgan fingerprint density at radius 2 is 1.39 bits per heavy atom. The maximum absolute atomic E-state index is 6.23. The van der Waals surface area contributed by atoms with Gasteiger partial charge in [-0.1, -0.05) is 60.7 Å². The van der Waals surface area contributed by atoms with Crippen molar-refractivity contribution in [2.24, 2.45) is 0 Å². The average molecular weight is 292 g/mol. The zero-order valence-electron chi connectivity index (χ0n) is 12.3. The minimum Gasteiger partial charge on any atom is -0.455 e. The van der Waals surface area contributed by atoms with Gasteiger partial charge in [-0.25, -0.2) is 0 Å². The number of para-hydroxylation sites is 1. The van der Waals surface area contributed by atoms with Gasteiger partial charge in [-0.15, -0.1) is 0 Å². The highest BCUT2D eigenvalue weighted by Crippen LogP contribution is 2.52. The van der Waals surface area contributed by atoms with E-state index in [-0.39, 0.29) is 0 Å². The van der Waals surface area contributed by atoms with Gasteiger partial charge >= 0.3 is 0 Å². The Hall–Kier alpha value is -3.06. The molecule has 0 amide bonds. The molecule has 106 valence electrons. The van der Waals surface area contributed by atoms with Crippen LogP contribution in [0.5, 0.6) is 0 Å². The SMILES string of the molecule is c1ccc2c(c1)cc1c3c(cccc32)-c2c-1oc1ccccc21. The molecule has 0 unspecified atom stereocenters. The monoisotopic (exact) mass is 292 g/mol. The number of benzene rings is 4. The summed E-state index contributed by atoms with van der Waals surface area (Å²) in [4.78, 5) is 0. The smallest absolute Gasteiger partial charge is 0.143 e. The van der Waals surface area contributed by atoms with E-state index >= 15 is 0 Å². The Kier molecular flexibility index (Phi) is 1.91. The number of hydrogen-bond acceptors (Lipinski definition) is 1. The second-order valence-electron chi connectivity index (χ2n) is 6.18. The van der Waals surface area contributed by atoms with Gasteiger partial charge in [-0.2, -0.15) is 0 Å². The standard InChI is InChI=1S/C22H12O/c1-2-7-14-13(6-1)12-18-20-15(14)9-5-10-17(20)21-16-8-3-4-11-19(16)23-22(18)21/h1-12H. The molecule has 1 aliphatic rings. The number of rotatable bonds is 0. The largest absolute Gasteiger partial charge is 0.455 e. The van der Waals surface area contributed by atoms with E-state index in [1.165, 1.54) is 43.6 Å². The Balaban J connectivity index is 1.91. The van der Waals surface area contributed by atoms with Crippen LogP contribution in [0, 0.1) is 0 Å². The lowest BCUT2D eigenvalue weighted by atomic mass is 9.97. The number of fused-ring (bicyclic) bond motifs is 7. The molecule has 0 spiro atoms. The van der Waals surface area contributed by atoms with Crippen LogP contribution in [0.4, 0.5) is 0 Å². The molecule has 1 heteroatoms. The van der Waals surface area contributed by atoms with Gasteiger partial charge in [0.2, 0.25) is 0 Å². The fraction of sp³-hybridized carbons (Fsp3) is 0. The molecule has 1 aromatic heterocycles. The molecule has 4 aromatic carbocycles. The van der Waals surface area contributed by atoms with Gasteiger partial charge in [0.1, 0.15) is 11.3 Å². The molecule has 0 bridgehead atoms. The van der Waals surface area contributed by atoms with Crippen LogP contribution in [0.2, 0.25) is 0 Å². The molecule has 1 nitrogen and oxygen atoms in total. The van der Waals surface area contributed by atoms with Crippen molar-refractivity contribution < 1.29 is 4.42 Å². The number of hydrogen-bond donors (Lipinski definition) is 0. The third-order valence-corrected chi connectivity index (χ3v) is 4.99. The van der Waals surface area contributed by atoms with Crippen molar-refractivity contribution in [3.8, 4) is 22.5 Å². The molecule has 0 aliphatic heterocycles. The second-order valence-corrected chi connectivity index (χ2v) is 6.18. The van der Waals surface area contributed by atoms with Crippen molar-refractivity contribution >= 4 is 32.5 Å². The summed E-state index contributed by atoms with van der Waals surface area (Å²) >= 11 is 0. The molecule has 0 saturated heterocycles. The summed E-state index contributed by atoms with van der Waals surface area (Å²) < 4.78 is 6.23. The lowest BCUT2D eigenvalue weighted by Gasteiger charge is -2.07. The van der Waals surface area contributed by atoms with Crippen LogP contribution in [0.1, 0.15) is 0 Å². The molecule has 5 aromatic rings. The van der Waals surface area contributed by atoms with Crippen LogP contribution in [0.15, 0.2) is 77.2 Å². The van der Waals surface area contributed by atoms with Crippen molar-refractivity contribution in [2.75, 3.05) is 0 Å². The lowest BCUT2D eigenvalue weighted by Crippen LogP contribution is -1.80. The van der Waals surface area contributed by atoms with Gasteiger partial charge in [-0.05, 0) is 33.9 Å². The Morgan fingerprint density at radius 3 is 2.35 bits per heavy atom. The summed E-state index contributed by atoms with van der Waals surface area (Å²) in [5.41, 5.74) is 4.73. The van der Waals surface area contributed by atoms with Crippen LogP contribution in [0.3, 0.4) is 0 Å². The third-order valence-electron chi connectivity index (χ3n) is 4.99. The van der Waals surface area contributed by atoms with Crippen LogP contribution in [0.25, 0.3) is 55.0 Å². The van der Waals surface area contributed by atoms with Crippen molar-refractivity contribution in [3.05, 3.63) is 72.8 Å². The zero-order chi connectivity index (χ0) is 15.0. The second kappa shape index (κ2) is 3.82. The van der Waals surface area contributed by atoms with Gasteiger partial charge in [0.25, 0.3) is 0 Å². The molecule has 0 fully saturated rings. The van der Waals surface area contributed by atoms with Gasteiger partial charge in [0.15, 0.2) is 0 Å². The van der Waals surface area contributed by atoms with Gasteiger partial charge in [-0.3, -0.25) is 0 Å². The van der Waals surface area contributed by atoms with Crippen molar-refractivity contribution in [2.45, 2.75) is 0 Å². The van der Waals surface area contributed by atoms with E-state index in [2.05, 4.69) is 66.7 Å². The summed E-state index contributed by atoms with van der Waals surface area (Å²) in [6, 6.07) is 25.8. The summed E-state index contributed by atoms with van der Waals surface area (Å²) in [5, 5.41) is 6.41. The third kappa shape index (κ3) is 1.29. The highest BCUT2D eigenvalue weighted by Gasteiger charge is 2.28. The first kappa shape index (κ1) is 11.5. The maximum Gasteiger partial charge on any atom is 0.143 e. The van der Waals surface area contributed by atoms with E-state index in [9.17, 15) is 0 Å². The average Bonchev–Trinajstić information content (AvgIpc) is 3.12. The maximum atomic E-state index is 6.23. The predicted molar refractivity (Wildman–Crippen MR) is 95.7 cm³/mol. The predicted octanol–water partition coefficient (Wildman–Crippen LogP) is 6.39. The van der Waals surface area contributed by atoms with Crippen molar-refractivity contribution in [1.82, 2.24) is 0 Å². The van der Waals surface area contributed by atoms with Gasteiger partial charge < -0.3 is 4.42 Å². The Morgan fingerprint density at radius 1 is 0.609 bits per heavy atom. The molecule has 0 atom stereocenters. The van der Waals surface area contributed by atoms with E-state index in [1.807, 2.05) is 6.07 Å². The molecule has 0 N–H and O–H groups in total. The van der Waals surface area contributed by atoms with Crippen LogP contribution < -0.4 is 0 Å². The molecule has 23 heavy (non-hydrogen) atoms. The molecule has 6 rings (SSSR count). The van der Waals surface area contributed by atoms with Crippen LogP contribution in [-0.4, -0.2) is 0 Å². The molecule has 0 radical (unpaired) electrons. The van der Waals surface area contributed by atoms with E-state index in [0.717, 1.165) is 11.3 Å². The summed E-state index contributed by atoms with van der Waals surface area (Å²) in [7, 11) is 0. The van der Waals surface area contributed by atoms with E-state index in [4.69, 9.17) is 4.42 Å². The fourth-order valence-corrected chi connectivity index (χ4v) is 4.05. The molecule has 1 aliphatic carbocycles. The van der Waals surface area contributed by atoms with Gasteiger partial charge in [0, 0.05) is 21.9 Å². The summed E-state index contributed by atoms with van der Waals surface area (Å²) in [6.07, 6.45) is 0. The van der Waals surface area contributed by atoms with E-state index in [0.29, 0.717) is 0 Å². The first-order valence-corrected chi connectivity index (χ1v) is 7.88. The van der Waals surface area contributed by atoms with E-state index in [1.54, 1.807) is 0 Å². The first-order chi connectivity index (χ1) is 11.4. The Labute approximate surface area is 132 Å². The van der Waals surface area contributed by atoms with E-state index < -0.39 is 0 Å². The van der Waals surface area contributed by atoms with Crippen LogP contribution in [-0.2, 0) is 0 Å². The summed E-state index contributed by atoms with van der Waals surface area (Å²) in [5.74, 6) is 1.02.